The average Bonchev–Trinajstić information content (AvgIpc) is 3.12. The smallest absolute Gasteiger partial charge is 0.298 e. The van der Waals surface area contributed by atoms with Crippen LogP contribution < -0.4 is 16.7 Å². The SMILES string of the molecule is Cn1c(=O)c2c(nc(N/N=C\c3ccccc3Cl)n2Cc2ccc(Cl)cc2)n(C)c1=O. The van der Waals surface area contributed by atoms with Crippen LogP contribution >= 0.6 is 23.2 Å². The highest BCUT2D eigenvalue weighted by Crippen LogP contribution is 2.19. The van der Waals surface area contributed by atoms with Crippen molar-refractivity contribution in [3.8, 4) is 0 Å². The van der Waals surface area contributed by atoms with E-state index in [1.807, 2.05) is 30.3 Å². The first-order valence-corrected chi connectivity index (χ1v) is 10.1. The molecule has 10 heteroatoms. The normalized spacial score (nSPS) is 11.5. The predicted octanol–water partition coefficient (Wildman–Crippen LogP) is 3.23. The molecule has 158 valence electrons. The van der Waals surface area contributed by atoms with E-state index in [9.17, 15) is 9.59 Å². The summed E-state index contributed by atoms with van der Waals surface area (Å²) in [6.45, 7) is 0.324. The fourth-order valence-electron chi connectivity index (χ4n) is 3.20. The Morgan fingerprint density at radius 2 is 1.74 bits per heavy atom. The number of hydrazone groups is 1. The summed E-state index contributed by atoms with van der Waals surface area (Å²) in [5.74, 6) is 0.312. The second-order valence-electron chi connectivity index (χ2n) is 6.92. The Labute approximate surface area is 187 Å². The Bertz CT molecular complexity index is 1420. The molecular weight excluding hydrogens is 439 g/mol. The van der Waals surface area contributed by atoms with Crippen molar-refractivity contribution in [2.24, 2.45) is 19.2 Å². The van der Waals surface area contributed by atoms with Gasteiger partial charge in [0, 0.05) is 29.7 Å². The van der Waals surface area contributed by atoms with Gasteiger partial charge >= 0.3 is 5.69 Å². The fraction of sp³-hybridized carbons (Fsp3) is 0.143. The lowest BCUT2D eigenvalue weighted by Crippen LogP contribution is -2.37. The van der Waals surface area contributed by atoms with E-state index in [0.717, 1.165) is 15.7 Å². The maximum Gasteiger partial charge on any atom is 0.332 e. The van der Waals surface area contributed by atoms with Crippen molar-refractivity contribution in [2.75, 3.05) is 5.43 Å². The number of fused-ring (bicyclic) bond motifs is 1. The molecule has 31 heavy (non-hydrogen) atoms. The molecule has 2 heterocycles. The molecule has 8 nitrogen and oxygen atoms in total. The Kier molecular flexibility index (Phi) is 5.67. The molecule has 0 amide bonds. The number of hydrogen-bond acceptors (Lipinski definition) is 5. The molecule has 0 saturated carbocycles. The first kappa shape index (κ1) is 20.9. The maximum absolute atomic E-state index is 12.9. The highest BCUT2D eigenvalue weighted by Gasteiger charge is 2.19. The molecule has 2 aromatic heterocycles. The maximum atomic E-state index is 12.9. The van der Waals surface area contributed by atoms with Gasteiger partial charge in [-0.05, 0) is 23.8 Å². The van der Waals surface area contributed by atoms with E-state index < -0.39 is 11.2 Å². The van der Waals surface area contributed by atoms with Crippen LogP contribution in [-0.4, -0.2) is 24.9 Å². The zero-order chi connectivity index (χ0) is 22.1. The van der Waals surface area contributed by atoms with Gasteiger partial charge in [-0.3, -0.25) is 18.5 Å². The molecule has 0 unspecified atom stereocenters. The van der Waals surface area contributed by atoms with Crippen LogP contribution in [0.25, 0.3) is 11.2 Å². The molecule has 0 bridgehead atoms. The number of anilines is 1. The van der Waals surface area contributed by atoms with Gasteiger partial charge in [-0.1, -0.05) is 53.5 Å². The average molecular weight is 457 g/mol. The van der Waals surface area contributed by atoms with Crippen LogP contribution in [0.15, 0.2) is 63.2 Å². The molecule has 0 saturated heterocycles. The van der Waals surface area contributed by atoms with Gasteiger partial charge in [-0.25, -0.2) is 10.2 Å². The highest BCUT2D eigenvalue weighted by atomic mass is 35.5. The van der Waals surface area contributed by atoms with Crippen molar-refractivity contribution in [2.45, 2.75) is 6.54 Å². The highest BCUT2D eigenvalue weighted by molar-refractivity contribution is 6.33. The van der Waals surface area contributed by atoms with E-state index >= 15 is 0 Å². The summed E-state index contributed by atoms with van der Waals surface area (Å²) in [6, 6.07) is 14.5. The summed E-state index contributed by atoms with van der Waals surface area (Å²) in [5, 5.41) is 5.39. The first-order chi connectivity index (χ1) is 14.9. The molecule has 0 aliphatic heterocycles. The minimum absolute atomic E-state index is 0.262. The number of imidazole rings is 1. The lowest BCUT2D eigenvalue weighted by atomic mass is 10.2. The van der Waals surface area contributed by atoms with Crippen molar-refractivity contribution in [3.05, 3.63) is 90.5 Å². The van der Waals surface area contributed by atoms with Gasteiger partial charge < -0.3 is 0 Å². The number of benzene rings is 2. The zero-order valence-corrected chi connectivity index (χ0v) is 18.2. The fourth-order valence-corrected chi connectivity index (χ4v) is 3.51. The zero-order valence-electron chi connectivity index (χ0n) is 16.7. The van der Waals surface area contributed by atoms with Crippen molar-refractivity contribution in [1.82, 2.24) is 18.7 Å². The van der Waals surface area contributed by atoms with Crippen molar-refractivity contribution >= 4 is 46.5 Å². The van der Waals surface area contributed by atoms with E-state index in [-0.39, 0.29) is 11.2 Å². The molecule has 0 atom stereocenters. The molecule has 0 aliphatic rings. The van der Waals surface area contributed by atoms with Crippen LogP contribution in [0.3, 0.4) is 0 Å². The van der Waals surface area contributed by atoms with E-state index in [4.69, 9.17) is 23.2 Å². The van der Waals surface area contributed by atoms with Gasteiger partial charge in [0.25, 0.3) is 5.56 Å². The third-order valence-electron chi connectivity index (χ3n) is 4.88. The summed E-state index contributed by atoms with van der Waals surface area (Å²) in [4.78, 5) is 29.7. The molecule has 2 aromatic carbocycles. The summed E-state index contributed by atoms with van der Waals surface area (Å²) in [7, 11) is 3.01. The van der Waals surface area contributed by atoms with E-state index in [2.05, 4.69) is 15.5 Å². The van der Waals surface area contributed by atoms with E-state index in [1.54, 1.807) is 36.0 Å². The largest absolute Gasteiger partial charge is 0.332 e. The Hall–Kier alpha value is -3.36. The lowest BCUT2D eigenvalue weighted by Gasteiger charge is -2.09. The second-order valence-corrected chi connectivity index (χ2v) is 7.76. The molecule has 0 radical (unpaired) electrons. The second kappa shape index (κ2) is 8.41. The minimum atomic E-state index is -0.459. The van der Waals surface area contributed by atoms with Crippen LogP contribution in [0.5, 0.6) is 0 Å². The Morgan fingerprint density at radius 3 is 2.45 bits per heavy atom. The van der Waals surface area contributed by atoms with Gasteiger partial charge in [0.1, 0.15) is 0 Å². The van der Waals surface area contributed by atoms with Crippen LogP contribution in [0.4, 0.5) is 5.95 Å². The molecule has 0 aliphatic carbocycles. The van der Waals surface area contributed by atoms with Gasteiger partial charge in [-0.2, -0.15) is 10.1 Å². The van der Waals surface area contributed by atoms with Gasteiger partial charge in [-0.15, -0.1) is 0 Å². The quantitative estimate of drug-likeness (QED) is 0.368. The van der Waals surface area contributed by atoms with E-state index in [1.165, 1.54) is 11.6 Å². The van der Waals surface area contributed by atoms with Crippen molar-refractivity contribution in [1.29, 1.82) is 0 Å². The number of hydrogen-bond donors (Lipinski definition) is 1. The monoisotopic (exact) mass is 456 g/mol. The molecule has 4 rings (SSSR count). The number of halogens is 2. The third kappa shape index (κ3) is 3.99. The predicted molar refractivity (Wildman–Crippen MR) is 123 cm³/mol. The van der Waals surface area contributed by atoms with Crippen molar-refractivity contribution in [3.63, 3.8) is 0 Å². The molecule has 4 aromatic rings. The van der Waals surface area contributed by atoms with Gasteiger partial charge in [0.05, 0.1) is 12.8 Å². The number of nitrogens with one attached hydrogen (secondary N) is 1. The summed E-state index contributed by atoms with van der Waals surface area (Å²) < 4.78 is 4.07. The summed E-state index contributed by atoms with van der Waals surface area (Å²) in [5.41, 5.74) is 4.15. The number of nitrogens with zero attached hydrogens (tertiary/aromatic N) is 5. The molecule has 0 fully saturated rings. The first-order valence-electron chi connectivity index (χ1n) is 9.31. The van der Waals surface area contributed by atoms with Crippen LogP contribution in [0, 0.1) is 0 Å². The molecule has 0 spiro atoms. The number of aromatic nitrogens is 4. The molecular formula is C21H18Cl2N6O2. The van der Waals surface area contributed by atoms with Crippen LogP contribution in [0.2, 0.25) is 10.0 Å². The van der Waals surface area contributed by atoms with E-state index in [0.29, 0.717) is 22.5 Å². The Morgan fingerprint density at radius 1 is 1.03 bits per heavy atom. The van der Waals surface area contributed by atoms with Gasteiger partial charge in [0.15, 0.2) is 11.2 Å². The molecule has 1 N–H and O–H groups in total. The van der Waals surface area contributed by atoms with Crippen molar-refractivity contribution < 1.29 is 0 Å². The van der Waals surface area contributed by atoms with Gasteiger partial charge in [0.2, 0.25) is 5.95 Å². The lowest BCUT2D eigenvalue weighted by molar-refractivity contribution is 0.702. The van der Waals surface area contributed by atoms with Crippen LogP contribution in [-0.2, 0) is 20.6 Å². The Balaban J connectivity index is 1.83. The topological polar surface area (TPSA) is 86.2 Å². The standard InChI is InChI=1S/C21H18Cl2N6O2/c1-27-18-17(19(30)28(2)21(27)31)29(12-13-7-9-15(22)10-8-13)20(25-18)26-24-11-14-5-3-4-6-16(14)23/h3-11H,12H2,1-2H3,(H,25,26)/b24-11-. The number of rotatable bonds is 5. The third-order valence-corrected chi connectivity index (χ3v) is 5.47. The number of aryl methyl sites for hydroxylation is 1. The van der Waals surface area contributed by atoms with Crippen LogP contribution in [0.1, 0.15) is 11.1 Å². The summed E-state index contributed by atoms with van der Waals surface area (Å²) in [6.07, 6.45) is 1.56. The summed E-state index contributed by atoms with van der Waals surface area (Å²) >= 11 is 12.2. The minimum Gasteiger partial charge on any atom is -0.298 e.